The first-order valence-corrected chi connectivity index (χ1v) is 10.3. The van der Waals surface area contributed by atoms with E-state index in [0.29, 0.717) is 41.0 Å². The van der Waals surface area contributed by atoms with Crippen molar-refractivity contribution in [1.29, 1.82) is 0 Å². The summed E-state index contributed by atoms with van der Waals surface area (Å²) < 4.78 is 17.3. The van der Waals surface area contributed by atoms with Crippen molar-refractivity contribution in [3.63, 3.8) is 0 Å². The monoisotopic (exact) mass is 465 g/mol. The second-order valence-corrected chi connectivity index (χ2v) is 8.10. The molecule has 0 spiro atoms. The Morgan fingerprint density at radius 3 is 2.19 bits per heavy atom. The average Bonchev–Trinajstić information content (AvgIpc) is 3.17. The molecule has 2 aromatic carbocycles. The molecule has 1 heterocycles. The molecular weight excluding hydrogens is 438 g/mol. The molecule has 0 bridgehead atoms. The molecular formula is C22H28ClN3O4S. The van der Waals surface area contributed by atoms with E-state index in [1.54, 1.807) is 17.0 Å². The SMILES string of the molecule is COc1cc(C(=O)N(CCN(C)C)c2nc3c(C)cccc3s2)cc(OC)c1OC.Cl. The van der Waals surface area contributed by atoms with Crippen molar-refractivity contribution in [1.82, 2.24) is 9.88 Å². The van der Waals surface area contributed by atoms with Gasteiger partial charge in [-0.1, -0.05) is 23.5 Å². The summed E-state index contributed by atoms with van der Waals surface area (Å²) in [5, 5.41) is 0.667. The van der Waals surface area contributed by atoms with Crippen LogP contribution in [0.15, 0.2) is 30.3 Å². The quantitative estimate of drug-likeness (QED) is 0.495. The van der Waals surface area contributed by atoms with Crippen LogP contribution >= 0.6 is 23.7 Å². The van der Waals surface area contributed by atoms with Gasteiger partial charge in [-0.3, -0.25) is 9.69 Å². The van der Waals surface area contributed by atoms with Crippen molar-refractivity contribution in [3.05, 3.63) is 41.5 Å². The number of benzene rings is 2. The number of thiazole rings is 1. The number of carbonyl (C=O) groups excluding carboxylic acids is 1. The fourth-order valence-electron chi connectivity index (χ4n) is 3.13. The molecule has 0 N–H and O–H groups in total. The zero-order valence-corrected chi connectivity index (χ0v) is 20.2. The first-order valence-electron chi connectivity index (χ1n) is 9.52. The molecule has 0 fully saturated rings. The minimum absolute atomic E-state index is 0. The lowest BCUT2D eigenvalue weighted by Gasteiger charge is -2.23. The van der Waals surface area contributed by atoms with Crippen LogP contribution in [0.2, 0.25) is 0 Å². The minimum Gasteiger partial charge on any atom is -0.493 e. The fraction of sp³-hybridized carbons (Fsp3) is 0.364. The van der Waals surface area contributed by atoms with Crippen LogP contribution in [-0.2, 0) is 0 Å². The number of carbonyl (C=O) groups is 1. The number of amides is 1. The number of methoxy groups -OCH3 is 3. The van der Waals surface area contributed by atoms with E-state index in [1.165, 1.54) is 32.7 Å². The highest BCUT2D eigenvalue weighted by Crippen LogP contribution is 2.39. The first-order chi connectivity index (χ1) is 14.4. The Labute approximate surface area is 192 Å². The summed E-state index contributed by atoms with van der Waals surface area (Å²) in [4.78, 5) is 22.1. The van der Waals surface area contributed by atoms with E-state index in [1.807, 2.05) is 44.1 Å². The third-order valence-electron chi connectivity index (χ3n) is 4.77. The van der Waals surface area contributed by atoms with Gasteiger partial charge in [0.2, 0.25) is 5.75 Å². The van der Waals surface area contributed by atoms with Crippen LogP contribution in [-0.4, -0.2) is 64.3 Å². The van der Waals surface area contributed by atoms with E-state index in [2.05, 4.69) is 0 Å². The molecule has 7 nitrogen and oxygen atoms in total. The maximum atomic E-state index is 13.6. The largest absolute Gasteiger partial charge is 0.493 e. The highest BCUT2D eigenvalue weighted by Gasteiger charge is 2.25. The lowest BCUT2D eigenvalue weighted by atomic mass is 10.1. The van der Waals surface area contributed by atoms with Crippen LogP contribution < -0.4 is 19.1 Å². The van der Waals surface area contributed by atoms with Crippen LogP contribution in [0.4, 0.5) is 5.13 Å². The fourth-order valence-corrected chi connectivity index (χ4v) is 4.20. The van der Waals surface area contributed by atoms with Crippen molar-refractivity contribution in [2.75, 3.05) is 53.4 Å². The lowest BCUT2D eigenvalue weighted by Crippen LogP contribution is -2.36. The van der Waals surface area contributed by atoms with E-state index < -0.39 is 0 Å². The highest BCUT2D eigenvalue weighted by atomic mass is 35.5. The Balaban J connectivity index is 0.00000341. The number of hydrogen-bond donors (Lipinski definition) is 0. The molecule has 0 aliphatic rings. The summed E-state index contributed by atoms with van der Waals surface area (Å²) in [5.41, 5.74) is 2.45. The van der Waals surface area contributed by atoms with Gasteiger partial charge in [0.15, 0.2) is 16.6 Å². The number of hydrogen-bond acceptors (Lipinski definition) is 7. The number of likely N-dealkylation sites (N-methyl/N-ethyl adjacent to an activating group) is 1. The summed E-state index contributed by atoms with van der Waals surface area (Å²) in [6, 6.07) is 9.40. The zero-order chi connectivity index (χ0) is 21.8. The normalized spacial score (nSPS) is 10.7. The Bertz CT molecular complexity index is 1030. The summed E-state index contributed by atoms with van der Waals surface area (Å²) in [6.45, 7) is 3.23. The molecule has 0 radical (unpaired) electrons. The van der Waals surface area contributed by atoms with Gasteiger partial charge < -0.3 is 19.1 Å². The second kappa shape index (κ2) is 10.7. The van der Waals surface area contributed by atoms with Gasteiger partial charge in [-0.2, -0.15) is 0 Å². The maximum Gasteiger partial charge on any atom is 0.260 e. The second-order valence-electron chi connectivity index (χ2n) is 7.09. The lowest BCUT2D eigenvalue weighted by molar-refractivity contribution is 0.0984. The Hall–Kier alpha value is -2.55. The van der Waals surface area contributed by atoms with Crippen molar-refractivity contribution < 1.29 is 19.0 Å². The van der Waals surface area contributed by atoms with Crippen molar-refractivity contribution in [2.45, 2.75) is 6.92 Å². The van der Waals surface area contributed by atoms with E-state index in [9.17, 15) is 4.79 Å². The molecule has 0 saturated heterocycles. The Morgan fingerprint density at radius 2 is 1.68 bits per heavy atom. The van der Waals surface area contributed by atoms with E-state index in [-0.39, 0.29) is 18.3 Å². The predicted molar refractivity (Wildman–Crippen MR) is 128 cm³/mol. The number of nitrogens with zero attached hydrogens (tertiary/aromatic N) is 3. The third-order valence-corrected chi connectivity index (χ3v) is 5.81. The van der Waals surface area contributed by atoms with E-state index >= 15 is 0 Å². The average molecular weight is 466 g/mol. The molecule has 0 unspecified atom stereocenters. The summed E-state index contributed by atoms with van der Waals surface area (Å²) in [5.74, 6) is 1.15. The number of anilines is 1. The number of aromatic nitrogens is 1. The molecule has 1 amide bonds. The van der Waals surface area contributed by atoms with Crippen LogP contribution in [0.3, 0.4) is 0 Å². The molecule has 1 aromatic heterocycles. The number of aryl methyl sites for hydroxylation is 1. The number of para-hydroxylation sites is 1. The third kappa shape index (κ3) is 5.20. The maximum absolute atomic E-state index is 13.6. The van der Waals surface area contributed by atoms with Crippen molar-refractivity contribution >= 4 is 45.0 Å². The Kier molecular flexibility index (Phi) is 8.50. The van der Waals surface area contributed by atoms with E-state index in [0.717, 1.165) is 15.8 Å². The number of ether oxygens (including phenoxy) is 3. The van der Waals surface area contributed by atoms with Gasteiger partial charge in [0, 0.05) is 18.7 Å². The van der Waals surface area contributed by atoms with Gasteiger partial charge in [-0.25, -0.2) is 4.98 Å². The first kappa shape index (κ1) is 24.7. The Morgan fingerprint density at radius 1 is 1.03 bits per heavy atom. The molecule has 3 aromatic rings. The van der Waals surface area contributed by atoms with Crippen LogP contribution in [0.5, 0.6) is 17.2 Å². The number of halogens is 1. The molecule has 0 aliphatic carbocycles. The molecule has 9 heteroatoms. The smallest absolute Gasteiger partial charge is 0.260 e. The van der Waals surface area contributed by atoms with E-state index in [4.69, 9.17) is 19.2 Å². The van der Waals surface area contributed by atoms with Crippen LogP contribution in [0.25, 0.3) is 10.2 Å². The summed E-state index contributed by atoms with van der Waals surface area (Å²) >= 11 is 1.51. The standard InChI is InChI=1S/C22H27N3O4S.ClH/c1-14-8-7-9-18-19(14)23-22(30-18)25(11-10-24(2)3)21(26)15-12-16(27-4)20(29-6)17(13-15)28-5;/h7-9,12-13H,10-11H2,1-6H3;1H. The number of fused-ring (bicyclic) bond motifs is 1. The van der Waals surface area contributed by atoms with Gasteiger partial charge in [-0.15, -0.1) is 12.4 Å². The molecule has 31 heavy (non-hydrogen) atoms. The molecule has 0 saturated carbocycles. The van der Waals surface area contributed by atoms with Crippen molar-refractivity contribution in [2.24, 2.45) is 0 Å². The van der Waals surface area contributed by atoms with Gasteiger partial charge >= 0.3 is 0 Å². The van der Waals surface area contributed by atoms with Crippen LogP contribution in [0.1, 0.15) is 15.9 Å². The predicted octanol–water partition coefficient (Wildman–Crippen LogP) is 4.26. The minimum atomic E-state index is -0.173. The summed E-state index contributed by atoms with van der Waals surface area (Å²) in [6.07, 6.45) is 0. The molecule has 0 aliphatic heterocycles. The topological polar surface area (TPSA) is 64.1 Å². The molecule has 168 valence electrons. The highest BCUT2D eigenvalue weighted by molar-refractivity contribution is 7.22. The zero-order valence-electron chi connectivity index (χ0n) is 18.6. The van der Waals surface area contributed by atoms with Gasteiger partial charge in [0.25, 0.3) is 5.91 Å². The van der Waals surface area contributed by atoms with Gasteiger partial charge in [-0.05, 0) is 44.8 Å². The van der Waals surface area contributed by atoms with Crippen LogP contribution in [0, 0.1) is 6.92 Å². The summed E-state index contributed by atoms with van der Waals surface area (Å²) in [7, 11) is 8.56. The van der Waals surface area contributed by atoms with Gasteiger partial charge in [0.05, 0.1) is 31.5 Å². The van der Waals surface area contributed by atoms with Gasteiger partial charge in [0.1, 0.15) is 0 Å². The van der Waals surface area contributed by atoms with Crippen molar-refractivity contribution in [3.8, 4) is 17.2 Å². The molecule has 0 atom stereocenters. The molecule has 3 rings (SSSR count). The number of rotatable bonds is 8.